The van der Waals surface area contributed by atoms with Gasteiger partial charge in [-0.15, -0.1) is 0 Å². The zero-order chi connectivity index (χ0) is 19.2. The summed E-state index contributed by atoms with van der Waals surface area (Å²) >= 11 is 0. The highest BCUT2D eigenvalue weighted by Crippen LogP contribution is 2.38. The van der Waals surface area contributed by atoms with E-state index in [1.807, 2.05) is 42.5 Å². The van der Waals surface area contributed by atoms with Crippen LogP contribution in [0.2, 0.25) is 0 Å². The maximum atomic E-state index is 11.2. The third-order valence-electron chi connectivity index (χ3n) is 4.77. The van der Waals surface area contributed by atoms with Crippen LogP contribution in [0.1, 0.15) is 34.0 Å². The summed E-state index contributed by atoms with van der Waals surface area (Å²) in [7, 11) is 0. The summed E-state index contributed by atoms with van der Waals surface area (Å²) in [5.41, 5.74) is 2.79. The zero-order valence-corrected chi connectivity index (χ0v) is 15.5. The van der Waals surface area contributed by atoms with Crippen LogP contribution in [0, 0.1) is 0 Å². The fraction of sp³-hybridized carbons (Fsp3) is 0.208. The number of benzene rings is 3. The second-order valence-electron chi connectivity index (χ2n) is 6.69. The normalized spacial score (nSPS) is 15.2. The highest BCUT2D eigenvalue weighted by molar-refractivity contribution is 5.76. The number of para-hydroxylation sites is 1. The van der Waals surface area contributed by atoms with Crippen molar-refractivity contribution >= 4 is 6.29 Å². The van der Waals surface area contributed by atoms with Crippen LogP contribution in [0.4, 0.5) is 0 Å². The molecule has 1 heterocycles. The summed E-state index contributed by atoms with van der Waals surface area (Å²) in [6.07, 6.45) is 2.23. The molecule has 1 aliphatic heterocycles. The summed E-state index contributed by atoms with van der Waals surface area (Å²) in [4.78, 5) is 11.2. The van der Waals surface area contributed by atoms with Crippen LogP contribution in [0.3, 0.4) is 0 Å². The minimum atomic E-state index is -0.136. The summed E-state index contributed by atoms with van der Waals surface area (Å²) < 4.78 is 18.0. The molecule has 0 fully saturated rings. The third-order valence-corrected chi connectivity index (χ3v) is 4.77. The highest BCUT2D eigenvalue weighted by Gasteiger charge is 2.24. The number of fused-ring (bicyclic) bond motifs is 1. The molecule has 3 aromatic rings. The van der Waals surface area contributed by atoms with Crippen LogP contribution in [-0.2, 0) is 6.42 Å². The van der Waals surface area contributed by atoms with Crippen LogP contribution in [0.15, 0.2) is 72.8 Å². The van der Waals surface area contributed by atoms with Crippen molar-refractivity contribution in [2.75, 3.05) is 13.2 Å². The molecular weight excluding hydrogens is 352 g/mol. The zero-order valence-electron chi connectivity index (χ0n) is 15.5. The van der Waals surface area contributed by atoms with Gasteiger partial charge >= 0.3 is 0 Å². The van der Waals surface area contributed by atoms with Gasteiger partial charge < -0.3 is 14.2 Å². The van der Waals surface area contributed by atoms with E-state index < -0.39 is 0 Å². The van der Waals surface area contributed by atoms with Crippen LogP contribution in [0.5, 0.6) is 17.2 Å². The fourth-order valence-corrected chi connectivity index (χ4v) is 3.32. The summed E-state index contributed by atoms with van der Waals surface area (Å²) in [5, 5.41) is 0. The number of hydrogen-bond donors (Lipinski definition) is 0. The van der Waals surface area contributed by atoms with Gasteiger partial charge in [-0.2, -0.15) is 0 Å². The number of aldehydes is 1. The lowest BCUT2D eigenvalue weighted by molar-refractivity contribution is 0.111. The Bertz CT molecular complexity index is 936. The van der Waals surface area contributed by atoms with E-state index in [1.54, 1.807) is 18.2 Å². The van der Waals surface area contributed by atoms with Crippen molar-refractivity contribution in [3.63, 3.8) is 0 Å². The van der Waals surface area contributed by atoms with E-state index in [9.17, 15) is 4.79 Å². The first-order valence-electron chi connectivity index (χ1n) is 9.48. The van der Waals surface area contributed by atoms with Crippen molar-refractivity contribution in [2.24, 2.45) is 0 Å². The molecule has 0 amide bonds. The summed E-state index contributed by atoms with van der Waals surface area (Å²) in [5.74, 6) is 2.07. The maximum Gasteiger partial charge on any atom is 0.162 e. The Kier molecular flexibility index (Phi) is 5.57. The van der Waals surface area contributed by atoms with Gasteiger partial charge in [0.25, 0.3) is 0 Å². The third kappa shape index (κ3) is 4.17. The standard InChI is InChI=1S/C24H22O4/c25-17-19-10-11-23(27-14-12-18-6-2-1-3-7-18)24(16-19)28-22-13-15-26-21-9-5-4-8-20(21)22/h1-11,16-17,22H,12-15H2. The van der Waals surface area contributed by atoms with Crippen molar-refractivity contribution in [2.45, 2.75) is 18.9 Å². The molecule has 1 atom stereocenters. The molecule has 0 aliphatic carbocycles. The summed E-state index contributed by atoms with van der Waals surface area (Å²) in [6, 6.07) is 23.4. The first kappa shape index (κ1) is 18.1. The molecule has 0 radical (unpaired) electrons. The molecule has 4 rings (SSSR count). The topological polar surface area (TPSA) is 44.8 Å². The average Bonchev–Trinajstić information content (AvgIpc) is 2.76. The number of carbonyl (C=O) groups excluding carboxylic acids is 1. The molecule has 0 saturated heterocycles. The smallest absolute Gasteiger partial charge is 0.162 e. The largest absolute Gasteiger partial charge is 0.493 e. The molecule has 0 N–H and O–H groups in total. The van der Waals surface area contributed by atoms with E-state index in [2.05, 4.69) is 12.1 Å². The number of ether oxygens (including phenoxy) is 3. The Hall–Kier alpha value is -3.27. The first-order valence-corrected chi connectivity index (χ1v) is 9.48. The van der Waals surface area contributed by atoms with Gasteiger partial charge in [-0.25, -0.2) is 0 Å². The first-order chi connectivity index (χ1) is 13.8. The minimum absolute atomic E-state index is 0.136. The molecular formula is C24H22O4. The lowest BCUT2D eigenvalue weighted by Gasteiger charge is -2.27. The Balaban J connectivity index is 1.52. The van der Waals surface area contributed by atoms with Crippen molar-refractivity contribution < 1.29 is 19.0 Å². The van der Waals surface area contributed by atoms with Crippen molar-refractivity contribution in [3.8, 4) is 17.2 Å². The molecule has 4 heteroatoms. The lowest BCUT2D eigenvalue weighted by Crippen LogP contribution is -2.19. The van der Waals surface area contributed by atoms with Gasteiger partial charge in [0.15, 0.2) is 11.5 Å². The molecule has 1 unspecified atom stereocenters. The number of carbonyl (C=O) groups is 1. The van der Waals surface area contributed by atoms with E-state index >= 15 is 0 Å². The predicted molar refractivity (Wildman–Crippen MR) is 107 cm³/mol. The maximum absolute atomic E-state index is 11.2. The Morgan fingerprint density at radius 1 is 0.964 bits per heavy atom. The van der Waals surface area contributed by atoms with Crippen LogP contribution >= 0.6 is 0 Å². The Labute approximate surface area is 164 Å². The van der Waals surface area contributed by atoms with E-state index in [0.29, 0.717) is 30.3 Å². The van der Waals surface area contributed by atoms with Crippen LogP contribution in [0.25, 0.3) is 0 Å². The Morgan fingerprint density at radius 2 is 1.79 bits per heavy atom. The van der Waals surface area contributed by atoms with Crippen molar-refractivity contribution in [3.05, 3.63) is 89.5 Å². The van der Waals surface area contributed by atoms with E-state index in [0.717, 1.165) is 30.4 Å². The van der Waals surface area contributed by atoms with Gasteiger partial charge in [-0.3, -0.25) is 4.79 Å². The SMILES string of the molecule is O=Cc1ccc(OCCc2ccccc2)c(OC2CCOc3ccccc32)c1. The number of hydrogen-bond acceptors (Lipinski definition) is 4. The molecule has 0 spiro atoms. The van der Waals surface area contributed by atoms with Gasteiger partial charge in [-0.1, -0.05) is 48.5 Å². The molecule has 0 saturated carbocycles. The van der Waals surface area contributed by atoms with Crippen molar-refractivity contribution in [1.29, 1.82) is 0 Å². The van der Waals surface area contributed by atoms with Crippen LogP contribution in [-0.4, -0.2) is 19.5 Å². The average molecular weight is 374 g/mol. The van der Waals surface area contributed by atoms with Crippen LogP contribution < -0.4 is 14.2 Å². The molecule has 3 aromatic carbocycles. The quantitative estimate of drug-likeness (QED) is 0.545. The predicted octanol–water partition coefficient (Wildman–Crippen LogP) is 5.02. The van der Waals surface area contributed by atoms with Gasteiger partial charge in [0.1, 0.15) is 18.1 Å². The molecule has 142 valence electrons. The van der Waals surface area contributed by atoms with E-state index in [-0.39, 0.29) is 6.10 Å². The lowest BCUT2D eigenvalue weighted by atomic mass is 10.0. The minimum Gasteiger partial charge on any atom is -0.493 e. The second kappa shape index (κ2) is 8.61. The van der Waals surface area contributed by atoms with Gasteiger partial charge in [0.05, 0.1) is 13.2 Å². The van der Waals surface area contributed by atoms with Gasteiger partial charge in [-0.05, 0) is 29.8 Å². The van der Waals surface area contributed by atoms with Gasteiger partial charge in [0, 0.05) is 24.0 Å². The molecule has 1 aliphatic rings. The molecule has 28 heavy (non-hydrogen) atoms. The highest BCUT2D eigenvalue weighted by atomic mass is 16.5. The van der Waals surface area contributed by atoms with E-state index in [1.165, 1.54) is 5.56 Å². The summed E-state index contributed by atoms with van der Waals surface area (Å²) in [6.45, 7) is 1.13. The Morgan fingerprint density at radius 3 is 2.64 bits per heavy atom. The fourth-order valence-electron chi connectivity index (χ4n) is 3.32. The van der Waals surface area contributed by atoms with Gasteiger partial charge in [0.2, 0.25) is 0 Å². The van der Waals surface area contributed by atoms with Crippen molar-refractivity contribution in [1.82, 2.24) is 0 Å². The molecule has 4 nitrogen and oxygen atoms in total. The second-order valence-corrected chi connectivity index (χ2v) is 6.69. The monoisotopic (exact) mass is 374 g/mol. The number of rotatable bonds is 7. The molecule has 0 aromatic heterocycles. The molecule has 0 bridgehead atoms. The van der Waals surface area contributed by atoms with E-state index in [4.69, 9.17) is 14.2 Å².